The van der Waals surface area contributed by atoms with Crippen molar-refractivity contribution in [2.75, 3.05) is 13.1 Å². The van der Waals surface area contributed by atoms with E-state index in [0.717, 1.165) is 5.56 Å². The molecule has 0 atom stereocenters. The van der Waals surface area contributed by atoms with Crippen LogP contribution in [0.25, 0.3) is 0 Å². The number of nitrogens with zero attached hydrogens (tertiary/aromatic N) is 1. The van der Waals surface area contributed by atoms with E-state index in [1.54, 1.807) is 36.4 Å². The Morgan fingerprint density at radius 3 is 2.33 bits per heavy atom. The van der Waals surface area contributed by atoms with E-state index in [-0.39, 0.29) is 29.9 Å². The third kappa shape index (κ3) is 5.08. The summed E-state index contributed by atoms with van der Waals surface area (Å²) in [5.74, 6) is -0.171. The highest BCUT2D eigenvalue weighted by molar-refractivity contribution is 7.88. The van der Waals surface area contributed by atoms with Crippen molar-refractivity contribution in [3.63, 3.8) is 0 Å². The van der Waals surface area contributed by atoms with Crippen molar-refractivity contribution in [3.8, 4) is 5.75 Å². The van der Waals surface area contributed by atoms with Crippen LogP contribution in [0.15, 0.2) is 54.6 Å². The van der Waals surface area contributed by atoms with Gasteiger partial charge < -0.3 is 10.4 Å². The van der Waals surface area contributed by atoms with Crippen LogP contribution in [0.1, 0.15) is 24.0 Å². The van der Waals surface area contributed by atoms with Gasteiger partial charge in [-0.25, -0.2) is 12.7 Å². The lowest BCUT2D eigenvalue weighted by Gasteiger charge is -2.30. The van der Waals surface area contributed by atoms with E-state index < -0.39 is 10.0 Å². The summed E-state index contributed by atoms with van der Waals surface area (Å²) in [6, 6.07) is 16.0. The van der Waals surface area contributed by atoms with E-state index in [0.29, 0.717) is 31.5 Å². The first-order valence-corrected chi connectivity index (χ1v) is 10.6. The molecule has 0 unspecified atom stereocenters. The SMILES string of the molecule is O=C(NCc1ccccc1O)C1CCN(S(=O)(=O)Cc2ccccc2)CC1. The first-order chi connectivity index (χ1) is 13.0. The number of hydrogen-bond donors (Lipinski definition) is 2. The summed E-state index contributed by atoms with van der Waals surface area (Å²) in [6.45, 7) is 0.964. The van der Waals surface area contributed by atoms with Crippen molar-refractivity contribution in [2.24, 2.45) is 5.92 Å². The van der Waals surface area contributed by atoms with E-state index in [1.807, 2.05) is 18.2 Å². The van der Waals surface area contributed by atoms with Crippen LogP contribution in [0, 0.1) is 5.92 Å². The smallest absolute Gasteiger partial charge is 0.223 e. The monoisotopic (exact) mass is 388 g/mol. The number of carbonyl (C=O) groups excluding carboxylic acids is 1. The number of rotatable bonds is 6. The van der Waals surface area contributed by atoms with E-state index in [4.69, 9.17) is 0 Å². The molecular weight excluding hydrogens is 364 g/mol. The molecule has 6 nitrogen and oxygen atoms in total. The van der Waals surface area contributed by atoms with Gasteiger partial charge in [0.1, 0.15) is 5.75 Å². The minimum atomic E-state index is -3.38. The highest BCUT2D eigenvalue weighted by Crippen LogP contribution is 2.22. The summed E-state index contributed by atoms with van der Waals surface area (Å²) in [4.78, 5) is 12.4. The molecule has 144 valence electrons. The molecule has 2 aromatic rings. The summed E-state index contributed by atoms with van der Waals surface area (Å²) in [6.07, 6.45) is 1.00. The second-order valence-corrected chi connectivity index (χ2v) is 8.73. The summed E-state index contributed by atoms with van der Waals surface area (Å²) < 4.78 is 26.6. The average Bonchev–Trinajstić information content (AvgIpc) is 2.68. The summed E-state index contributed by atoms with van der Waals surface area (Å²) in [5.41, 5.74) is 1.42. The number of hydrogen-bond acceptors (Lipinski definition) is 4. The highest BCUT2D eigenvalue weighted by atomic mass is 32.2. The maximum atomic E-state index is 12.6. The Labute approximate surface area is 159 Å². The van der Waals surface area contributed by atoms with Crippen LogP contribution in [-0.2, 0) is 27.1 Å². The molecule has 0 aromatic heterocycles. The Morgan fingerprint density at radius 2 is 1.67 bits per heavy atom. The predicted molar refractivity (Wildman–Crippen MR) is 103 cm³/mol. The zero-order valence-corrected chi connectivity index (χ0v) is 15.9. The number of carbonyl (C=O) groups is 1. The Hall–Kier alpha value is -2.38. The maximum absolute atomic E-state index is 12.6. The van der Waals surface area contributed by atoms with Gasteiger partial charge in [0, 0.05) is 31.1 Å². The van der Waals surface area contributed by atoms with Crippen LogP contribution in [0.4, 0.5) is 0 Å². The van der Waals surface area contributed by atoms with Gasteiger partial charge in [-0.3, -0.25) is 4.79 Å². The normalized spacial score (nSPS) is 16.1. The Kier molecular flexibility index (Phi) is 6.13. The number of amides is 1. The zero-order chi connectivity index (χ0) is 19.3. The van der Waals surface area contributed by atoms with Gasteiger partial charge in [-0.2, -0.15) is 0 Å². The number of aromatic hydroxyl groups is 1. The van der Waals surface area contributed by atoms with Crippen molar-refractivity contribution in [1.82, 2.24) is 9.62 Å². The molecular formula is C20H24N2O4S. The van der Waals surface area contributed by atoms with Crippen molar-refractivity contribution >= 4 is 15.9 Å². The molecule has 2 aromatic carbocycles. The van der Waals surface area contributed by atoms with E-state index in [9.17, 15) is 18.3 Å². The van der Waals surface area contributed by atoms with Crippen LogP contribution >= 0.6 is 0 Å². The van der Waals surface area contributed by atoms with Crippen molar-refractivity contribution in [1.29, 1.82) is 0 Å². The number of benzene rings is 2. The number of para-hydroxylation sites is 1. The molecule has 0 bridgehead atoms. The molecule has 1 heterocycles. The molecule has 1 saturated heterocycles. The Balaban J connectivity index is 1.50. The van der Waals surface area contributed by atoms with E-state index in [2.05, 4.69) is 5.32 Å². The van der Waals surface area contributed by atoms with Gasteiger partial charge >= 0.3 is 0 Å². The number of phenolic OH excluding ortho intramolecular Hbond substituents is 1. The van der Waals surface area contributed by atoms with E-state index >= 15 is 0 Å². The highest BCUT2D eigenvalue weighted by Gasteiger charge is 2.31. The van der Waals surface area contributed by atoms with Gasteiger partial charge in [0.2, 0.25) is 15.9 Å². The maximum Gasteiger partial charge on any atom is 0.223 e. The van der Waals surface area contributed by atoms with Gasteiger partial charge in [0.05, 0.1) is 5.75 Å². The standard InChI is InChI=1S/C20H24N2O4S/c23-19-9-5-4-8-18(19)14-21-20(24)17-10-12-22(13-11-17)27(25,26)15-16-6-2-1-3-7-16/h1-9,17,23H,10-15H2,(H,21,24). The molecule has 0 radical (unpaired) electrons. The number of phenols is 1. The molecule has 1 fully saturated rings. The molecule has 0 saturated carbocycles. The quantitative estimate of drug-likeness (QED) is 0.795. The molecule has 1 aliphatic rings. The molecule has 0 aliphatic carbocycles. The topological polar surface area (TPSA) is 86.7 Å². The fraction of sp³-hybridized carbons (Fsp3) is 0.350. The van der Waals surface area contributed by atoms with E-state index in [1.165, 1.54) is 4.31 Å². The van der Waals surface area contributed by atoms with Gasteiger partial charge in [-0.15, -0.1) is 0 Å². The van der Waals surface area contributed by atoms with Crippen LogP contribution in [0.3, 0.4) is 0 Å². The number of nitrogens with one attached hydrogen (secondary N) is 1. The van der Waals surface area contributed by atoms with Gasteiger partial charge in [-0.05, 0) is 24.5 Å². The second-order valence-electron chi connectivity index (χ2n) is 6.76. The fourth-order valence-corrected chi connectivity index (χ4v) is 4.82. The van der Waals surface area contributed by atoms with Crippen LogP contribution < -0.4 is 5.32 Å². The molecule has 2 N–H and O–H groups in total. The minimum absolute atomic E-state index is 0.0159. The molecule has 0 spiro atoms. The Morgan fingerprint density at radius 1 is 1.04 bits per heavy atom. The first kappa shape index (κ1) is 19.4. The van der Waals surface area contributed by atoms with Gasteiger partial charge in [0.25, 0.3) is 0 Å². The van der Waals surface area contributed by atoms with Gasteiger partial charge in [-0.1, -0.05) is 48.5 Å². The number of sulfonamides is 1. The minimum Gasteiger partial charge on any atom is -0.508 e. The average molecular weight is 388 g/mol. The lowest BCUT2D eigenvalue weighted by atomic mass is 9.97. The first-order valence-electron chi connectivity index (χ1n) is 9.02. The van der Waals surface area contributed by atoms with Crippen LogP contribution in [-0.4, -0.2) is 36.8 Å². The fourth-order valence-electron chi connectivity index (χ4n) is 3.26. The van der Waals surface area contributed by atoms with Crippen molar-refractivity contribution in [2.45, 2.75) is 25.1 Å². The second kappa shape index (κ2) is 8.54. The zero-order valence-electron chi connectivity index (χ0n) is 15.0. The predicted octanol–water partition coefficient (Wildman–Crippen LogP) is 2.25. The molecule has 1 amide bonds. The van der Waals surface area contributed by atoms with Crippen molar-refractivity contribution in [3.05, 3.63) is 65.7 Å². The van der Waals surface area contributed by atoms with Crippen LogP contribution in [0.2, 0.25) is 0 Å². The van der Waals surface area contributed by atoms with Crippen LogP contribution in [0.5, 0.6) is 5.75 Å². The molecule has 27 heavy (non-hydrogen) atoms. The largest absolute Gasteiger partial charge is 0.508 e. The molecule has 3 rings (SSSR count). The Bertz CT molecular complexity index is 876. The summed E-state index contributed by atoms with van der Waals surface area (Å²) >= 11 is 0. The summed E-state index contributed by atoms with van der Waals surface area (Å²) in [7, 11) is -3.38. The molecule has 7 heteroatoms. The van der Waals surface area contributed by atoms with Gasteiger partial charge in [0.15, 0.2) is 0 Å². The lowest BCUT2D eigenvalue weighted by Crippen LogP contribution is -2.43. The van der Waals surface area contributed by atoms with Crippen molar-refractivity contribution < 1.29 is 18.3 Å². The number of piperidine rings is 1. The summed E-state index contributed by atoms with van der Waals surface area (Å²) in [5, 5.41) is 12.6. The lowest BCUT2D eigenvalue weighted by molar-refractivity contribution is -0.126. The third-order valence-electron chi connectivity index (χ3n) is 4.85. The third-order valence-corrected chi connectivity index (χ3v) is 6.70. The molecule has 1 aliphatic heterocycles.